The highest BCUT2D eigenvalue weighted by molar-refractivity contribution is 6.30. The van der Waals surface area contributed by atoms with Gasteiger partial charge in [-0.15, -0.1) is 0 Å². The van der Waals surface area contributed by atoms with Gasteiger partial charge in [0.15, 0.2) is 0 Å². The number of carbonyl (C=O) groups excluding carboxylic acids is 1. The second-order valence-corrected chi connectivity index (χ2v) is 7.25. The molecule has 0 radical (unpaired) electrons. The number of H-pyrrole nitrogens is 1. The minimum Gasteiger partial charge on any atom is -0.493 e. The lowest BCUT2D eigenvalue weighted by Gasteiger charge is -2.20. The third-order valence-electron chi connectivity index (χ3n) is 4.88. The predicted molar refractivity (Wildman–Crippen MR) is 112 cm³/mol. The Bertz CT molecular complexity index is 1260. The molecule has 4 rings (SSSR count). The number of rotatable bonds is 3. The summed E-state index contributed by atoms with van der Waals surface area (Å²) in [7, 11) is 0. The summed E-state index contributed by atoms with van der Waals surface area (Å²) >= 11 is 5.89. The van der Waals surface area contributed by atoms with Crippen LogP contribution in [0.15, 0.2) is 69.3 Å². The van der Waals surface area contributed by atoms with Crippen molar-refractivity contribution in [2.24, 2.45) is 5.10 Å². The van der Waals surface area contributed by atoms with E-state index in [-0.39, 0.29) is 23.6 Å². The molecule has 1 aliphatic heterocycles. The van der Waals surface area contributed by atoms with Crippen LogP contribution in [0.25, 0.3) is 5.69 Å². The van der Waals surface area contributed by atoms with Crippen molar-refractivity contribution < 1.29 is 9.90 Å². The van der Waals surface area contributed by atoms with Gasteiger partial charge in [-0.1, -0.05) is 41.9 Å². The maximum Gasteiger partial charge on any atom is 0.335 e. The highest BCUT2D eigenvalue weighted by Gasteiger charge is 2.34. The summed E-state index contributed by atoms with van der Waals surface area (Å²) in [5, 5.41) is 16.9. The van der Waals surface area contributed by atoms with Crippen LogP contribution in [0.4, 0.5) is 0 Å². The van der Waals surface area contributed by atoms with Crippen LogP contribution in [0.5, 0.6) is 5.88 Å². The number of aromatic nitrogens is 2. The third kappa shape index (κ3) is 3.42. The summed E-state index contributed by atoms with van der Waals surface area (Å²) in [5.41, 5.74) is -0.368. The Morgan fingerprint density at radius 2 is 1.80 bits per heavy atom. The van der Waals surface area contributed by atoms with Gasteiger partial charge in [-0.3, -0.25) is 14.6 Å². The van der Waals surface area contributed by atoms with Crippen LogP contribution in [0, 0.1) is 0 Å². The van der Waals surface area contributed by atoms with Crippen LogP contribution in [0.1, 0.15) is 30.5 Å². The fraction of sp³-hybridized carbons (Fsp3) is 0.143. The average molecular weight is 425 g/mol. The standard InChI is InChI=1S/C21H17ClN4O4/c1-12(27)26-17(13-5-3-2-4-6-13)11-16(24-26)18-19(28)23-21(30)25(20(18)29)15-9-7-14(22)8-10-15/h2-10,17,29H,11H2,1H3,(H,23,28,30). The van der Waals surface area contributed by atoms with E-state index in [1.807, 2.05) is 30.3 Å². The van der Waals surface area contributed by atoms with E-state index in [1.54, 1.807) is 12.1 Å². The molecule has 0 bridgehead atoms. The van der Waals surface area contributed by atoms with Gasteiger partial charge in [0.05, 0.1) is 17.4 Å². The summed E-state index contributed by atoms with van der Waals surface area (Å²) in [4.78, 5) is 39.3. The Balaban J connectivity index is 1.84. The molecule has 3 aromatic rings. The highest BCUT2D eigenvalue weighted by Crippen LogP contribution is 2.33. The van der Waals surface area contributed by atoms with Gasteiger partial charge in [0, 0.05) is 18.4 Å². The maximum absolute atomic E-state index is 12.6. The molecule has 1 aromatic heterocycles. The van der Waals surface area contributed by atoms with E-state index in [0.29, 0.717) is 10.7 Å². The number of benzene rings is 2. The maximum atomic E-state index is 12.6. The number of hydrogen-bond acceptors (Lipinski definition) is 5. The van der Waals surface area contributed by atoms with Gasteiger partial charge < -0.3 is 5.11 Å². The summed E-state index contributed by atoms with van der Waals surface area (Å²) in [5.74, 6) is -0.858. The normalized spacial score (nSPS) is 15.9. The first-order valence-electron chi connectivity index (χ1n) is 9.13. The second-order valence-electron chi connectivity index (χ2n) is 6.81. The number of carbonyl (C=O) groups is 1. The van der Waals surface area contributed by atoms with E-state index in [1.165, 1.54) is 24.1 Å². The first kappa shape index (κ1) is 19.7. The Morgan fingerprint density at radius 3 is 2.43 bits per heavy atom. The van der Waals surface area contributed by atoms with Gasteiger partial charge >= 0.3 is 5.69 Å². The molecule has 0 aliphatic carbocycles. The van der Waals surface area contributed by atoms with Crippen molar-refractivity contribution in [3.63, 3.8) is 0 Å². The number of aromatic amines is 1. The van der Waals surface area contributed by atoms with Crippen molar-refractivity contribution >= 4 is 23.2 Å². The Morgan fingerprint density at radius 1 is 1.13 bits per heavy atom. The number of nitrogens with one attached hydrogen (secondary N) is 1. The molecule has 0 fully saturated rings. The van der Waals surface area contributed by atoms with Crippen molar-refractivity contribution in [3.8, 4) is 11.6 Å². The lowest BCUT2D eigenvalue weighted by Crippen LogP contribution is -2.33. The topological polar surface area (TPSA) is 108 Å². The molecule has 1 atom stereocenters. The highest BCUT2D eigenvalue weighted by atomic mass is 35.5. The molecule has 0 saturated heterocycles. The number of aromatic hydroxyl groups is 1. The van der Waals surface area contributed by atoms with E-state index in [9.17, 15) is 19.5 Å². The molecular weight excluding hydrogens is 408 g/mol. The monoisotopic (exact) mass is 424 g/mol. The zero-order chi connectivity index (χ0) is 21.4. The van der Waals surface area contributed by atoms with Crippen molar-refractivity contribution in [2.75, 3.05) is 0 Å². The zero-order valence-electron chi connectivity index (χ0n) is 15.9. The van der Waals surface area contributed by atoms with E-state index in [2.05, 4.69) is 10.1 Å². The molecular formula is C21H17ClN4O4. The lowest BCUT2D eigenvalue weighted by atomic mass is 9.99. The van der Waals surface area contributed by atoms with Crippen molar-refractivity contribution in [2.45, 2.75) is 19.4 Å². The van der Waals surface area contributed by atoms with Crippen LogP contribution >= 0.6 is 11.6 Å². The molecule has 0 spiro atoms. The van der Waals surface area contributed by atoms with Crippen LogP contribution in [0.3, 0.4) is 0 Å². The molecule has 9 heteroatoms. The van der Waals surface area contributed by atoms with Crippen LogP contribution < -0.4 is 11.2 Å². The van der Waals surface area contributed by atoms with E-state index < -0.39 is 23.2 Å². The van der Waals surface area contributed by atoms with Crippen LogP contribution in [0.2, 0.25) is 5.02 Å². The molecule has 152 valence electrons. The fourth-order valence-electron chi connectivity index (χ4n) is 3.50. The van der Waals surface area contributed by atoms with Gasteiger partial charge in [-0.05, 0) is 29.8 Å². The summed E-state index contributed by atoms with van der Waals surface area (Å²) in [6.07, 6.45) is 0.207. The minimum atomic E-state index is -0.801. The van der Waals surface area contributed by atoms with Gasteiger partial charge in [0.25, 0.3) is 5.56 Å². The molecule has 2 aromatic carbocycles. The zero-order valence-corrected chi connectivity index (χ0v) is 16.6. The molecule has 2 heterocycles. The molecule has 1 amide bonds. The van der Waals surface area contributed by atoms with E-state index in [4.69, 9.17) is 11.6 Å². The van der Waals surface area contributed by atoms with Gasteiger partial charge in [-0.2, -0.15) is 5.10 Å². The first-order valence-corrected chi connectivity index (χ1v) is 9.51. The molecule has 2 N–H and O–H groups in total. The molecule has 1 aliphatic rings. The fourth-order valence-corrected chi connectivity index (χ4v) is 3.63. The van der Waals surface area contributed by atoms with Gasteiger partial charge in [0.1, 0.15) is 5.56 Å². The Labute approximate surface area is 175 Å². The van der Waals surface area contributed by atoms with Crippen molar-refractivity contribution in [1.29, 1.82) is 0 Å². The van der Waals surface area contributed by atoms with E-state index in [0.717, 1.165) is 10.1 Å². The summed E-state index contributed by atoms with van der Waals surface area (Å²) in [6, 6.07) is 15.0. The lowest BCUT2D eigenvalue weighted by molar-refractivity contribution is -0.130. The average Bonchev–Trinajstić information content (AvgIpc) is 3.15. The Hall–Kier alpha value is -3.65. The largest absolute Gasteiger partial charge is 0.493 e. The van der Waals surface area contributed by atoms with Crippen molar-refractivity contribution in [1.82, 2.24) is 14.6 Å². The predicted octanol–water partition coefficient (Wildman–Crippen LogP) is 2.58. The number of hydrogen-bond donors (Lipinski definition) is 2. The third-order valence-corrected chi connectivity index (χ3v) is 5.13. The molecule has 1 unspecified atom stereocenters. The first-order chi connectivity index (χ1) is 14.4. The number of amides is 1. The quantitative estimate of drug-likeness (QED) is 0.673. The summed E-state index contributed by atoms with van der Waals surface area (Å²) in [6.45, 7) is 1.38. The second kappa shape index (κ2) is 7.64. The van der Waals surface area contributed by atoms with E-state index >= 15 is 0 Å². The smallest absolute Gasteiger partial charge is 0.335 e. The molecule has 8 nitrogen and oxygen atoms in total. The number of hydrazone groups is 1. The SMILES string of the molecule is CC(=O)N1N=C(c2c(O)n(-c3ccc(Cl)cc3)c(=O)[nH]c2=O)CC1c1ccccc1. The number of nitrogens with zero attached hydrogens (tertiary/aromatic N) is 3. The van der Waals surface area contributed by atoms with Crippen LogP contribution in [-0.4, -0.2) is 31.3 Å². The molecule has 0 saturated carbocycles. The Kier molecular flexibility index (Phi) is 5.01. The van der Waals surface area contributed by atoms with Crippen LogP contribution in [-0.2, 0) is 4.79 Å². The minimum absolute atomic E-state index is 0.158. The summed E-state index contributed by atoms with van der Waals surface area (Å²) < 4.78 is 0.962. The number of halogens is 1. The van der Waals surface area contributed by atoms with Crippen molar-refractivity contribution in [3.05, 3.63) is 91.6 Å². The molecule has 30 heavy (non-hydrogen) atoms. The van der Waals surface area contributed by atoms with Gasteiger partial charge in [0.2, 0.25) is 11.8 Å². The van der Waals surface area contributed by atoms with Gasteiger partial charge in [-0.25, -0.2) is 14.4 Å².